The van der Waals surface area contributed by atoms with E-state index in [1.807, 2.05) is 12.1 Å². The van der Waals surface area contributed by atoms with Crippen molar-refractivity contribution in [2.45, 2.75) is 17.7 Å². The number of hydrogen-bond acceptors (Lipinski definition) is 6. The van der Waals surface area contributed by atoms with Crippen LogP contribution in [-0.4, -0.2) is 58.4 Å². The molecule has 2 aliphatic rings. The van der Waals surface area contributed by atoms with Crippen molar-refractivity contribution in [1.82, 2.24) is 4.90 Å². The average Bonchev–Trinajstić information content (AvgIpc) is 3.07. The molecule has 8 nitrogen and oxygen atoms in total. The van der Waals surface area contributed by atoms with Crippen LogP contribution >= 0.6 is 0 Å². The highest BCUT2D eigenvalue weighted by Crippen LogP contribution is 2.25. The summed E-state index contributed by atoms with van der Waals surface area (Å²) in [6.07, 6.45) is 0.370. The number of anilines is 3. The number of amides is 2. The maximum atomic E-state index is 12.7. The molecule has 2 fully saturated rings. The van der Waals surface area contributed by atoms with Crippen molar-refractivity contribution in [2.24, 2.45) is 0 Å². The highest BCUT2D eigenvalue weighted by molar-refractivity contribution is 7.92. The van der Waals surface area contributed by atoms with Crippen LogP contribution in [-0.2, 0) is 19.6 Å². The fourth-order valence-corrected chi connectivity index (χ4v) is 4.72. The third kappa shape index (κ3) is 4.17. The summed E-state index contributed by atoms with van der Waals surface area (Å²) in [5, 5.41) is 0. The number of sulfonamides is 1. The first-order chi connectivity index (χ1) is 14.3. The molecular weight excluding hydrogens is 404 g/mol. The van der Waals surface area contributed by atoms with Gasteiger partial charge in [0.25, 0.3) is 10.0 Å². The Labute approximate surface area is 176 Å². The Morgan fingerprint density at radius 3 is 1.87 bits per heavy atom. The summed E-state index contributed by atoms with van der Waals surface area (Å²) in [5.74, 6) is -0.539. The second-order valence-corrected chi connectivity index (χ2v) is 9.24. The summed E-state index contributed by atoms with van der Waals surface area (Å²) < 4.78 is 28.0. The molecule has 2 aromatic carbocycles. The Balaban J connectivity index is 1.45. The second-order valence-electron chi connectivity index (χ2n) is 7.56. The Hall–Kier alpha value is -2.91. The van der Waals surface area contributed by atoms with E-state index in [1.165, 1.54) is 24.3 Å². The third-order valence-electron chi connectivity index (χ3n) is 5.44. The number of piperazine rings is 1. The molecule has 2 saturated heterocycles. The molecule has 0 aromatic heterocycles. The lowest BCUT2D eigenvalue weighted by Gasteiger charge is -2.34. The number of benzene rings is 2. The van der Waals surface area contributed by atoms with E-state index in [4.69, 9.17) is 0 Å². The highest BCUT2D eigenvalue weighted by Gasteiger charge is 2.30. The minimum absolute atomic E-state index is 0.0634. The zero-order valence-corrected chi connectivity index (χ0v) is 17.6. The van der Waals surface area contributed by atoms with Gasteiger partial charge in [-0.15, -0.1) is 0 Å². The topological polar surface area (TPSA) is 90.0 Å². The van der Waals surface area contributed by atoms with Crippen LogP contribution in [0.4, 0.5) is 17.1 Å². The van der Waals surface area contributed by atoms with Crippen molar-refractivity contribution in [2.75, 3.05) is 47.7 Å². The van der Waals surface area contributed by atoms with Gasteiger partial charge in [0.15, 0.2) is 0 Å². The smallest absolute Gasteiger partial charge is 0.261 e. The fraction of sp³-hybridized carbons (Fsp3) is 0.333. The number of hydrogen-bond donors (Lipinski definition) is 1. The van der Waals surface area contributed by atoms with Gasteiger partial charge in [-0.05, 0) is 55.6 Å². The quantitative estimate of drug-likeness (QED) is 0.732. The monoisotopic (exact) mass is 428 g/mol. The lowest BCUT2D eigenvalue weighted by molar-refractivity contribution is -0.121. The van der Waals surface area contributed by atoms with E-state index in [9.17, 15) is 18.0 Å². The molecule has 1 N–H and O–H groups in total. The van der Waals surface area contributed by atoms with Crippen LogP contribution in [0.15, 0.2) is 53.4 Å². The number of rotatable bonds is 5. The molecule has 0 atom stereocenters. The van der Waals surface area contributed by atoms with Crippen LogP contribution in [0, 0.1) is 0 Å². The van der Waals surface area contributed by atoms with Gasteiger partial charge in [0, 0.05) is 50.4 Å². The van der Waals surface area contributed by atoms with E-state index in [0.717, 1.165) is 36.8 Å². The van der Waals surface area contributed by atoms with Gasteiger partial charge in [-0.1, -0.05) is 0 Å². The molecular formula is C21H24N4O4S. The van der Waals surface area contributed by atoms with Crippen molar-refractivity contribution in [3.63, 3.8) is 0 Å². The predicted octanol–water partition coefficient (Wildman–Crippen LogP) is 1.89. The summed E-state index contributed by atoms with van der Waals surface area (Å²) in [7, 11) is -1.68. The van der Waals surface area contributed by atoms with Gasteiger partial charge in [-0.25, -0.2) is 8.42 Å². The Morgan fingerprint density at radius 1 is 0.767 bits per heavy atom. The Bertz CT molecular complexity index is 1030. The van der Waals surface area contributed by atoms with E-state index in [-0.39, 0.29) is 29.6 Å². The van der Waals surface area contributed by atoms with Gasteiger partial charge >= 0.3 is 0 Å². The minimum atomic E-state index is -3.78. The lowest BCUT2D eigenvalue weighted by atomic mass is 10.2. The number of nitrogens with zero attached hydrogens (tertiary/aromatic N) is 3. The largest absolute Gasteiger partial charge is 0.369 e. The number of carbonyl (C=O) groups is 2. The minimum Gasteiger partial charge on any atom is -0.369 e. The first kappa shape index (κ1) is 20.4. The van der Waals surface area contributed by atoms with Crippen molar-refractivity contribution >= 4 is 38.9 Å². The zero-order chi connectivity index (χ0) is 21.3. The molecule has 0 spiro atoms. The molecule has 2 aromatic rings. The van der Waals surface area contributed by atoms with Crippen LogP contribution in [0.3, 0.4) is 0 Å². The van der Waals surface area contributed by atoms with Crippen LogP contribution in [0.5, 0.6) is 0 Å². The first-order valence-corrected chi connectivity index (χ1v) is 11.3. The van der Waals surface area contributed by atoms with Crippen molar-refractivity contribution in [3.05, 3.63) is 48.5 Å². The zero-order valence-electron chi connectivity index (χ0n) is 16.7. The third-order valence-corrected chi connectivity index (χ3v) is 6.84. The average molecular weight is 429 g/mol. The van der Waals surface area contributed by atoms with Crippen molar-refractivity contribution < 1.29 is 18.0 Å². The number of nitrogens with one attached hydrogen (secondary N) is 1. The van der Waals surface area contributed by atoms with E-state index >= 15 is 0 Å². The molecule has 0 unspecified atom stereocenters. The molecule has 0 bridgehead atoms. The molecule has 0 saturated carbocycles. The second kappa shape index (κ2) is 8.08. The molecule has 30 heavy (non-hydrogen) atoms. The van der Waals surface area contributed by atoms with Crippen LogP contribution < -0.4 is 14.5 Å². The maximum Gasteiger partial charge on any atom is 0.261 e. The Morgan fingerprint density at radius 2 is 1.30 bits per heavy atom. The Kier molecular flexibility index (Phi) is 5.48. The SMILES string of the molecule is CN1CCN(c2ccc(NS(=O)(=O)c3ccc(N4C(=O)CCC4=O)cc3)cc2)CC1. The van der Waals surface area contributed by atoms with Gasteiger partial charge < -0.3 is 9.80 Å². The van der Waals surface area contributed by atoms with Gasteiger partial charge in [0.2, 0.25) is 11.8 Å². The van der Waals surface area contributed by atoms with Crippen LogP contribution in [0.2, 0.25) is 0 Å². The van der Waals surface area contributed by atoms with Gasteiger partial charge in [-0.3, -0.25) is 19.2 Å². The molecule has 2 aliphatic heterocycles. The van der Waals surface area contributed by atoms with Gasteiger partial charge in [0.1, 0.15) is 0 Å². The summed E-state index contributed by atoms with van der Waals surface area (Å²) in [6.45, 7) is 3.88. The number of carbonyl (C=O) groups excluding carboxylic acids is 2. The van der Waals surface area contributed by atoms with Crippen LogP contribution in [0.25, 0.3) is 0 Å². The molecule has 9 heteroatoms. The molecule has 0 radical (unpaired) electrons. The lowest BCUT2D eigenvalue weighted by Crippen LogP contribution is -2.44. The normalized spacial score (nSPS) is 18.2. The van der Waals surface area contributed by atoms with E-state index in [1.54, 1.807) is 12.1 Å². The van der Waals surface area contributed by atoms with E-state index < -0.39 is 10.0 Å². The van der Waals surface area contributed by atoms with Gasteiger partial charge in [-0.2, -0.15) is 0 Å². The molecule has 0 aliphatic carbocycles. The molecule has 2 amide bonds. The van der Waals surface area contributed by atoms with Crippen molar-refractivity contribution in [3.8, 4) is 0 Å². The molecule has 4 rings (SSSR count). The standard InChI is InChI=1S/C21H24N4O4S/c1-23-12-14-24(15-13-23)17-4-2-16(3-5-17)22-30(28,29)19-8-6-18(7-9-19)25-20(26)10-11-21(25)27/h2-9,22H,10-15H2,1H3. The first-order valence-electron chi connectivity index (χ1n) is 9.86. The number of imide groups is 1. The highest BCUT2D eigenvalue weighted by atomic mass is 32.2. The summed E-state index contributed by atoms with van der Waals surface area (Å²) in [4.78, 5) is 29.4. The van der Waals surface area contributed by atoms with E-state index in [2.05, 4.69) is 21.6 Å². The van der Waals surface area contributed by atoms with Crippen molar-refractivity contribution in [1.29, 1.82) is 0 Å². The molecule has 158 valence electrons. The maximum absolute atomic E-state index is 12.7. The van der Waals surface area contributed by atoms with E-state index in [0.29, 0.717) is 11.4 Å². The summed E-state index contributed by atoms with van der Waals surface area (Å²) >= 11 is 0. The molecule has 2 heterocycles. The number of likely N-dealkylation sites (N-methyl/N-ethyl adjacent to an activating group) is 1. The predicted molar refractivity (Wildman–Crippen MR) is 115 cm³/mol. The summed E-state index contributed by atoms with van der Waals surface area (Å²) in [6, 6.07) is 13.1. The van der Waals surface area contributed by atoms with Crippen LogP contribution in [0.1, 0.15) is 12.8 Å². The summed E-state index contributed by atoms with van der Waals surface area (Å²) in [5.41, 5.74) is 1.93. The van der Waals surface area contributed by atoms with Gasteiger partial charge in [0.05, 0.1) is 10.6 Å². The fourth-order valence-electron chi connectivity index (χ4n) is 3.66.